The second-order valence-corrected chi connectivity index (χ2v) is 9.90. The number of fused-ring (bicyclic) bond motifs is 1. The molecular formula is C27H38N6O. The lowest BCUT2D eigenvalue weighted by Crippen LogP contribution is -2.38. The van der Waals surface area contributed by atoms with Gasteiger partial charge in [0, 0.05) is 63.5 Å². The average Bonchev–Trinajstić information content (AvgIpc) is 3.45. The molecule has 2 aromatic rings. The van der Waals surface area contributed by atoms with Crippen molar-refractivity contribution < 1.29 is 4.74 Å². The lowest BCUT2D eigenvalue weighted by atomic mass is 9.96. The van der Waals surface area contributed by atoms with Crippen LogP contribution in [0, 0.1) is 11.8 Å². The van der Waals surface area contributed by atoms with E-state index >= 15 is 0 Å². The Kier molecular flexibility index (Phi) is 6.75. The second kappa shape index (κ2) is 9.92. The van der Waals surface area contributed by atoms with Gasteiger partial charge in [-0.15, -0.1) is 0 Å². The van der Waals surface area contributed by atoms with Crippen LogP contribution in [0.2, 0.25) is 0 Å². The predicted octanol–water partition coefficient (Wildman–Crippen LogP) is 4.32. The predicted molar refractivity (Wildman–Crippen MR) is 139 cm³/mol. The zero-order valence-corrected chi connectivity index (χ0v) is 20.8. The summed E-state index contributed by atoms with van der Waals surface area (Å²) in [5, 5.41) is 0. The SMILES string of the molecule is C=C1N=C(C2CN(Cc3ccc(N(CC)CC)cc3)CC2C)Nn2c1cnc2C1CCOCC1. The molecule has 0 radical (unpaired) electrons. The van der Waals surface area contributed by atoms with E-state index < -0.39 is 0 Å². The van der Waals surface area contributed by atoms with Crippen molar-refractivity contribution in [1.82, 2.24) is 14.6 Å². The van der Waals surface area contributed by atoms with Crippen LogP contribution >= 0.6 is 0 Å². The minimum Gasteiger partial charge on any atom is -0.381 e. The Morgan fingerprint density at radius 3 is 2.56 bits per heavy atom. The van der Waals surface area contributed by atoms with Gasteiger partial charge in [-0.05, 0) is 50.3 Å². The molecule has 2 atom stereocenters. The molecule has 7 nitrogen and oxygen atoms in total. The number of benzene rings is 1. The van der Waals surface area contributed by atoms with Gasteiger partial charge in [0.25, 0.3) is 0 Å². The highest BCUT2D eigenvalue weighted by Gasteiger charge is 2.36. The van der Waals surface area contributed by atoms with Gasteiger partial charge in [0.2, 0.25) is 0 Å². The van der Waals surface area contributed by atoms with E-state index in [-0.39, 0.29) is 0 Å². The molecule has 0 amide bonds. The summed E-state index contributed by atoms with van der Waals surface area (Å²) in [5.74, 6) is 3.40. The summed E-state index contributed by atoms with van der Waals surface area (Å²) < 4.78 is 7.70. The standard InChI is InChI=1S/C27H38N6O/c1-5-32(6-2)23-9-7-21(8-10-23)17-31-16-19(3)24(18-31)26-29-20(4)25-15-28-27(33(25)30-26)22-11-13-34-14-12-22/h7-10,15,19,22,24H,4-6,11-14,16-18H2,1-3H3,(H,29,30). The van der Waals surface area contributed by atoms with Crippen LogP contribution in [0.5, 0.6) is 0 Å². The third-order valence-corrected chi connectivity index (χ3v) is 7.66. The first-order chi connectivity index (χ1) is 16.6. The Morgan fingerprint density at radius 1 is 1.12 bits per heavy atom. The Balaban J connectivity index is 1.27. The lowest BCUT2D eigenvalue weighted by molar-refractivity contribution is 0.0831. The van der Waals surface area contributed by atoms with E-state index in [0.717, 1.165) is 81.8 Å². The van der Waals surface area contributed by atoms with Crippen LogP contribution in [0.3, 0.4) is 0 Å². The number of nitrogens with zero attached hydrogens (tertiary/aromatic N) is 5. The summed E-state index contributed by atoms with van der Waals surface area (Å²) in [6, 6.07) is 9.08. The summed E-state index contributed by atoms with van der Waals surface area (Å²) in [5.41, 5.74) is 8.08. The van der Waals surface area contributed by atoms with E-state index in [1.54, 1.807) is 0 Å². The van der Waals surface area contributed by atoms with E-state index in [2.05, 4.69) is 71.5 Å². The molecule has 2 unspecified atom stereocenters. The van der Waals surface area contributed by atoms with Crippen molar-refractivity contribution >= 4 is 17.2 Å². The van der Waals surface area contributed by atoms with Crippen molar-refractivity contribution in [3.8, 4) is 0 Å². The monoisotopic (exact) mass is 462 g/mol. The Labute approximate surface area is 203 Å². The van der Waals surface area contributed by atoms with Gasteiger partial charge in [-0.2, -0.15) is 0 Å². The van der Waals surface area contributed by atoms with Crippen LogP contribution in [0.25, 0.3) is 5.70 Å². The molecule has 1 N–H and O–H groups in total. The highest BCUT2D eigenvalue weighted by Crippen LogP contribution is 2.32. The van der Waals surface area contributed by atoms with E-state index in [1.807, 2.05) is 6.20 Å². The Bertz CT molecular complexity index is 1030. The van der Waals surface area contributed by atoms with Gasteiger partial charge < -0.3 is 9.64 Å². The van der Waals surface area contributed by atoms with Crippen molar-refractivity contribution in [2.75, 3.05) is 49.7 Å². The molecule has 7 heteroatoms. The summed E-state index contributed by atoms with van der Waals surface area (Å²) in [6.45, 7) is 17.7. The molecule has 2 fully saturated rings. The summed E-state index contributed by atoms with van der Waals surface area (Å²) in [4.78, 5) is 14.6. The number of hydrogen-bond acceptors (Lipinski definition) is 6. The van der Waals surface area contributed by atoms with Crippen LogP contribution in [0.15, 0.2) is 42.0 Å². The number of aromatic nitrogens is 2. The van der Waals surface area contributed by atoms with Crippen LogP contribution in [0.1, 0.15) is 56.6 Å². The Morgan fingerprint density at radius 2 is 1.85 bits per heavy atom. The number of rotatable bonds is 7. The molecule has 0 bridgehead atoms. The first kappa shape index (κ1) is 23.1. The van der Waals surface area contributed by atoms with Gasteiger partial charge in [0.1, 0.15) is 17.4 Å². The number of anilines is 1. The Hall–Kier alpha value is -2.64. The van der Waals surface area contributed by atoms with Crippen LogP contribution < -0.4 is 10.3 Å². The smallest absolute Gasteiger partial charge is 0.131 e. The van der Waals surface area contributed by atoms with Crippen LogP contribution in [-0.2, 0) is 11.3 Å². The molecule has 5 rings (SSSR count). The zero-order valence-electron chi connectivity index (χ0n) is 20.8. The summed E-state index contributed by atoms with van der Waals surface area (Å²) in [7, 11) is 0. The highest BCUT2D eigenvalue weighted by molar-refractivity contribution is 5.98. The molecule has 0 aliphatic carbocycles. The largest absolute Gasteiger partial charge is 0.381 e. The molecule has 1 aromatic carbocycles. The lowest BCUT2D eigenvalue weighted by Gasteiger charge is -2.28. The normalized spacial score (nSPS) is 23.5. The minimum atomic E-state index is 0.352. The van der Waals surface area contributed by atoms with Gasteiger partial charge in [0.15, 0.2) is 0 Å². The number of aliphatic imine (C=N–C) groups is 1. The second-order valence-electron chi connectivity index (χ2n) is 9.90. The maximum atomic E-state index is 5.56. The summed E-state index contributed by atoms with van der Waals surface area (Å²) in [6.07, 6.45) is 3.93. The minimum absolute atomic E-state index is 0.352. The molecule has 2 saturated heterocycles. The fourth-order valence-corrected chi connectivity index (χ4v) is 5.65. The number of imidazole rings is 1. The van der Waals surface area contributed by atoms with E-state index in [1.165, 1.54) is 11.3 Å². The van der Waals surface area contributed by atoms with Crippen LogP contribution in [-0.4, -0.2) is 59.8 Å². The van der Waals surface area contributed by atoms with Gasteiger partial charge in [-0.25, -0.2) is 14.7 Å². The maximum Gasteiger partial charge on any atom is 0.131 e. The van der Waals surface area contributed by atoms with E-state index in [0.29, 0.717) is 17.8 Å². The van der Waals surface area contributed by atoms with Gasteiger partial charge in [0.05, 0.1) is 11.9 Å². The highest BCUT2D eigenvalue weighted by atomic mass is 16.5. The first-order valence-corrected chi connectivity index (χ1v) is 12.8. The number of amidine groups is 1. The first-order valence-electron chi connectivity index (χ1n) is 12.8. The molecule has 0 saturated carbocycles. The van der Waals surface area contributed by atoms with E-state index in [4.69, 9.17) is 14.7 Å². The molecular weight excluding hydrogens is 424 g/mol. The average molecular weight is 463 g/mol. The molecule has 4 heterocycles. The molecule has 3 aliphatic heterocycles. The van der Waals surface area contributed by atoms with Gasteiger partial charge in [-0.3, -0.25) is 10.3 Å². The van der Waals surface area contributed by atoms with Crippen molar-refractivity contribution in [1.29, 1.82) is 0 Å². The van der Waals surface area contributed by atoms with Crippen molar-refractivity contribution in [2.24, 2.45) is 16.8 Å². The fraction of sp³-hybridized carbons (Fsp3) is 0.556. The molecule has 1 aromatic heterocycles. The maximum absolute atomic E-state index is 5.56. The van der Waals surface area contributed by atoms with Crippen molar-refractivity contribution in [2.45, 2.75) is 46.1 Å². The molecule has 3 aliphatic rings. The third kappa shape index (κ3) is 4.51. The number of hydrogen-bond donors (Lipinski definition) is 1. The van der Waals surface area contributed by atoms with Gasteiger partial charge in [-0.1, -0.05) is 25.6 Å². The van der Waals surface area contributed by atoms with Gasteiger partial charge >= 0.3 is 0 Å². The molecule has 34 heavy (non-hydrogen) atoms. The quantitative estimate of drug-likeness (QED) is 0.664. The number of likely N-dealkylation sites (tertiary alicyclic amines) is 1. The zero-order chi connectivity index (χ0) is 23.7. The number of ether oxygens (including phenoxy) is 1. The van der Waals surface area contributed by atoms with Crippen molar-refractivity contribution in [3.63, 3.8) is 0 Å². The van der Waals surface area contributed by atoms with Crippen LogP contribution in [0.4, 0.5) is 5.69 Å². The summed E-state index contributed by atoms with van der Waals surface area (Å²) >= 11 is 0. The topological polar surface area (TPSA) is 57.9 Å². The molecule has 0 spiro atoms. The number of nitrogens with one attached hydrogen (secondary N) is 1. The fourth-order valence-electron chi connectivity index (χ4n) is 5.65. The van der Waals surface area contributed by atoms with Crippen molar-refractivity contribution in [3.05, 3.63) is 54.1 Å². The van der Waals surface area contributed by atoms with E-state index in [9.17, 15) is 0 Å². The third-order valence-electron chi connectivity index (χ3n) is 7.66. The molecule has 182 valence electrons.